The zero-order chi connectivity index (χ0) is 16.8. The Morgan fingerprint density at radius 2 is 1.10 bits per heavy atom. The summed E-state index contributed by atoms with van der Waals surface area (Å²) in [6.45, 7) is 0. The summed E-state index contributed by atoms with van der Waals surface area (Å²) in [4.78, 5) is 10.9. The second-order valence-electron chi connectivity index (χ2n) is 3.45. The van der Waals surface area contributed by atoms with Crippen molar-refractivity contribution in [1.82, 2.24) is 0 Å². The lowest BCUT2D eigenvalue weighted by molar-refractivity contribution is -0.171. The lowest BCUT2D eigenvalue weighted by Gasteiger charge is -2.43. The molecule has 1 nitrogen and oxygen atoms in total. The molecule has 0 unspecified atom stereocenters. The fourth-order valence-corrected chi connectivity index (χ4v) is 3.00. The van der Waals surface area contributed by atoms with Crippen LogP contribution in [0.25, 0.3) is 0 Å². The highest BCUT2D eigenvalue weighted by Gasteiger charge is 2.69. The molecule has 0 aromatic carbocycles. The van der Waals surface area contributed by atoms with Gasteiger partial charge in [0.25, 0.3) is 0 Å². The zero-order valence-corrected chi connectivity index (χ0v) is 15.5. The smallest absolute Gasteiger partial charge is 0.289 e. The highest BCUT2D eigenvalue weighted by molar-refractivity contribution is 6.80. The van der Waals surface area contributed by atoms with Crippen molar-refractivity contribution in [2.45, 2.75) is 29.4 Å². The molecular formula is C7H2Cl9F3O. The molecule has 0 aliphatic heterocycles. The highest BCUT2D eigenvalue weighted by Crippen LogP contribution is 2.63. The Morgan fingerprint density at radius 3 is 1.35 bits per heavy atom. The average molecular weight is 478 g/mol. The van der Waals surface area contributed by atoms with Gasteiger partial charge in [0.05, 0.1) is 6.42 Å². The Balaban J connectivity index is 5.54. The first-order valence-electron chi connectivity index (χ1n) is 4.18. The van der Waals surface area contributed by atoms with Crippen molar-refractivity contribution < 1.29 is 18.0 Å². The SMILES string of the molecule is O=C(CC(Cl)(Cl)C(Cl)(Cl)C(Cl)(Cl)C(Cl)(Cl)Cl)C(F)(F)F. The molecule has 0 spiro atoms. The van der Waals surface area contributed by atoms with Crippen LogP contribution in [0.4, 0.5) is 13.2 Å². The van der Waals surface area contributed by atoms with Gasteiger partial charge < -0.3 is 0 Å². The number of rotatable bonds is 4. The van der Waals surface area contributed by atoms with E-state index in [1.807, 2.05) is 0 Å². The molecule has 0 heterocycles. The zero-order valence-electron chi connectivity index (χ0n) is 8.65. The average Bonchev–Trinajstić information content (AvgIpc) is 2.12. The molecule has 0 fully saturated rings. The van der Waals surface area contributed by atoms with Gasteiger partial charge in [-0.15, -0.1) is 0 Å². The minimum atomic E-state index is -5.22. The van der Waals surface area contributed by atoms with Gasteiger partial charge in [-0.3, -0.25) is 4.79 Å². The molecule has 0 aromatic rings. The van der Waals surface area contributed by atoms with Crippen LogP contribution in [0.2, 0.25) is 0 Å². The Kier molecular flexibility index (Phi) is 7.20. The molecule has 0 saturated heterocycles. The first kappa shape index (κ1) is 22.1. The van der Waals surface area contributed by atoms with E-state index in [1.165, 1.54) is 0 Å². The topological polar surface area (TPSA) is 17.1 Å². The predicted molar refractivity (Wildman–Crippen MR) is 79.3 cm³/mol. The maximum atomic E-state index is 12.2. The van der Waals surface area contributed by atoms with Crippen molar-refractivity contribution in [1.29, 1.82) is 0 Å². The van der Waals surface area contributed by atoms with Crippen molar-refractivity contribution in [3.05, 3.63) is 0 Å². The van der Waals surface area contributed by atoms with Gasteiger partial charge in [-0.05, 0) is 0 Å². The fraction of sp³-hybridized carbons (Fsp3) is 0.857. The predicted octanol–water partition coefficient (Wildman–Crippen LogP) is 6.40. The summed E-state index contributed by atoms with van der Waals surface area (Å²) < 4.78 is 25.7. The van der Waals surface area contributed by atoms with Crippen LogP contribution >= 0.6 is 104 Å². The van der Waals surface area contributed by atoms with E-state index < -0.39 is 35.2 Å². The lowest BCUT2D eigenvalue weighted by atomic mass is 10.1. The molecule has 120 valence electrons. The van der Waals surface area contributed by atoms with Crippen molar-refractivity contribution in [2.24, 2.45) is 0 Å². The van der Waals surface area contributed by atoms with Crippen LogP contribution in [0, 0.1) is 0 Å². The first-order valence-corrected chi connectivity index (χ1v) is 7.58. The molecule has 0 saturated carbocycles. The molecule has 0 rings (SSSR count). The summed E-state index contributed by atoms with van der Waals surface area (Å²) in [7, 11) is 0. The quantitative estimate of drug-likeness (QED) is 0.428. The minimum absolute atomic E-state index is 1.56. The maximum absolute atomic E-state index is 12.2. The molecule has 0 bridgehead atoms. The fourth-order valence-electron chi connectivity index (χ4n) is 0.821. The van der Waals surface area contributed by atoms with Crippen molar-refractivity contribution in [3.8, 4) is 0 Å². The van der Waals surface area contributed by atoms with Crippen LogP contribution in [-0.2, 0) is 4.79 Å². The van der Waals surface area contributed by atoms with Gasteiger partial charge in [-0.2, -0.15) is 13.2 Å². The van der Waals surface area contributed by atoms with Crippen LogP contribution < -0.4 is 0 Å². The van der Waals surface area contributed by atoms with Gasteiger partial charge in [0.15, 0.2) is 13.0 Å². The summed E-state index contributed by atoms with van der Waals surface area (Å²) in [6.07, 6.45) is -6.78. The molecule has 0 atom stereocenters. The van der Waals surface area contributed by atoms with E-state index in [2.05, 4.69) is 0 Å². The number of carbonyl (C=O) groups excluding carboxylic acids is 1. The molecule has 0 aliphatic carbocycles. The second-order valence-corrected chi connectivity index (χ2v) is 9.87. The Morgan fingerprint density at radius 1 is 0.750 bits per heavy atom. The molecule has 0 N–H and O–H groups in total. The van der Waals surface area contributed by atoms with Crippen LogP contribution in [0.15, 0.2) is 0 Å². The summed E-state index contributed by atoms with van der Waals surface area (Å²) in [5, 5.41) is 0. The van der Waals surface area contributed by atoms with Crippen molar-refractivity contribution in [3.63, 3.8) is 0 Å². The van der Waals surface area contributed by atoms with E-state index in [-0.39, 0.29) is 0 Å². The lowest BCUT2D eigenvalue weighted by Crippen LogP contribution is -2.57. The van der Waals surface area contributed by atoms with Crippen molar-refractivity contribution in [2.75, 3.05) is 0 Å². The van der Waals surface area contributed by atoms with Crippen LogP contribution in [0.3, 0.4) is 0 Å². The molecule has 0 radical (unpaired) electrons. The normalized spacial score (nSPS) is 15.4. The summed E-state index contributed by atoms with van der Waals surface area (Å²) >= 11 is 49.9. The molecule has 0 aromatic heterocycles. The van der Waals surface area contributed by atoms with Gasteiger partial charge in [0, 0.05) is 0 Å². The van der Waals surface area contributed by atoms with E-state index in [9.17, 15) is 18.0 Å². The van der Waals surface area contributed by atoms with Gasteiger partial charge in [-0.1, -0.05) is 104 Å². The third-order valence-corrected chi connectivity index (χ3v) is 7.29. The molecular weight excluding hydrogens is 476 g/mol. The van der Waals surface area contributed by atoms with E-state index in [0.29, 0.717) is 0 Å². The summed E-state index contributed by atoms with van der Waals surface area (Å²) in [5.74, 6) is -2.32. The second kappa shape index (κ2) is 6.52. The maximum Gasteiger partial charge on any atom is 0.450 e. The standard InChI is InChI=1S/C7H2Cl9F3O/c8-3(9,1-2(20)4(17,18)19)5(10,11)6(12,13)7(14,15)16/h1H2. The Bertz CT molecular complexity index is 384. The van der Waals surface area contributed by atoms with Crippen LogP contribution in [0.1, 0.15) is 6.42 Å². The van der Waals surface area contributed by atoms with Crippen LogP contribution in [-0.4, -0.2) is 28.8 Å². The summed E-state index contributed by atoms with van der Waals surface area (Å²) in [5.41, 5.74) is 0. The molecule has 13 heteroatoms. The number of hydrogen-bond donors (Lipinski definition) is 0. The number of halogens is 12. The van der Waals surface area contributed by atoms with E-state index >= 15 is 0 Å². The van der Waals surface area contributed by atoms with E-state index in [0.717, 1.165) is 0 Å². The van der Waals surface area contributed by atoms with Crippen molar-refractivity contribution >= 4 is 110 Å². The van der Waals surface area contributed by atoms with E-state index in [1.54, 1.807) is 0 Å². The highest BCUT2D eigenvalue weighted by atomic mass is 35.6. The van der Waals surface area contributed by atoms with Gasteiger partial charge in [0.1, 0.15) is 0 Å². The number of carbonyl (C=O) groups is 1. The minimum Gasteiger partial charge on any atom is -0.289 e. The largest absolute Gasteiger partial charge is 0.450 e. The van der Waals surface area contributed by atoms with Gasteiger partial charge in [0.2, 0.25) is 9.58 Å². The number of Topliss-reactive ketones (excluding diaryl/α,β-unsaturated/α-hetero) is 1. The Hall–Kier alpha value is 2.07. The first-order chi connectivity index (χ1) is 8.38. The molecule has 0 aliphatic rings. The third-order valence-electron chi connectivity index (χ3n) is 1.91. The number of alkyl halides is 12. The van der Waals surface area contributed by atoms with Gasteiger partial charge >= 0.3 is 6.18 Å². The molecule has 0 amide bonds. The Labute approximate surface area is 156 Å². The number of hydrogen-bond acceptors (Lipinski definition) is 1. The van der Waals surface area contributed by atoms with Crippen LogP contribution in [0.5, 0.6) is 0 Å². The number of ketones is 1. The monoisotopic (exact) mass is 474 g/mol. The van der Waals surface area contributed by atoms with E-state index in [4.69, 9.17) is 104 Å². The van der Waals surface area contributed by atoms with Gasteiger partial charge in [-0.25, -0.2) is 0 Å². The molecule has 20 heavy (non-hydrogen) atoms. The third kappa shape index (κ3) is 4.55. The summed E-state index contributed by atoms with van der Waals surface area (Å²) in [6, 6.07) is 0.